The zero-order valence-corrected chi connectivity index (χ0v) is 22.0. The summed E-state index contributed by atoms with van der Waals surface area (Å²) in [6, 6.07) is 6.08. The number of rotatable bonds is 8. The van der Waals surface area contributed by atoms with Crippen molar-refractivity contribution in [3.05, 3.63) is 60.2 Å². The largest absolute Gasteiger partial charge is 0.417 e. The minimum Gasteiger partial charge on any atom is -0.379 e. The number of hydrogen-bond donors (Lipinski definition) is 2. The molecule has 2 aromatic heterocycles. The van der Waals surface area contributed by atoms with Gasteiger partial charge in [0.1, 0.15) is 6.17 Å². The van der Waals surface area contributed by atoms with Crippen LogP contribution in [-0.2, 0) is 0 Å². The van der Waals surface area contributed by atoms with Crippen LogP contribution in [0, 0.1) is 0 Å². The zero-order chi connectivity index (χ0) is 28.3. The van der Waals surface area contributed by atoms with E-state index in [2.05, 4.69) is 32.5 Å². The summed E-state index contributed by atoms with van der Waals surface area (Å²) >= 11 is 0. The van der Waals surface area contributed by atoms with E-state index < -0.39 is 29.9 Å². The second kappa shape index (κ2) is 11.5. The Morgan fingerprint density at radius 1 is 1.28 bits per heavy atom. The van der Waals surface area contributed by atoms with E-state index in [0.717, 1.165) is 0 Å². The van der Waals surface area contributed by atoms with E-state index in [9.17, 15) is 22.4 Å². The van der Waals surface area contributed by atoms with Crippen LogP contribution in [0.25, 0.3) is 22.4 Å². The first-order valence-corrected chi connectivity index (χ1v) is 12.6. The van der Waals surface area contributed by atoms with E-state index in [1.54, 1.807) is 35.0 Å². The summed E-state index contributed by atoms with van der Waals surface area (Å²) in [7, 11) is 1.84. The van der Waals surface area contributed by atoms with E-state index in [1.807, 2.05) is 25.8 Å². The van der Waals surface area contributed by atoms with Crippen molar-refractivity contribution in [2.24, 2.45) is 0 Å². The normalized spacial score (nSPS) is 18.7. The number of aromatic nitrogens is 4. The highest BCUT2D eigenvalue weighted by molar-refractivity contribution is 6.01. The fourth-order valence-corrected chi connectivity index (χ4v) is 4.35. The summed E-state index contributed by atoms with van der Waals surface area (Å²) in [5.74, 6) is -0.436. The number of pyridine rings is 1. The van der Waals surface area contributed by atoms with Crippen molar-refractivity contribution >= 4 is 34.0 Å². The summed E-state index contributed by atoms with van der Waals surface area (Å²) in [5, 5.41) is 14.3. The average Bonchev–Trinajstić information content (AvgIpc) is 3.38. The molecular formula is C27H31F4N7O. The molecule has 1 aliphatic heterocycles. The number of anilines is 1. The Kier molecular flexibility index (Phi) is 8.34. The number of benzene rings is 1. The molecule has 1 aromatic carbocycles. The van der Waals surface area contributed by atoms with E-state index in [-0.39, 0.29) is 41.6 Å². The average molecular weight is 546 g/mol. The molecule has 1 fully saturated rings. The Balaban J connectivity index is 1.60. The van der Waals surface area contributed by atoms with E-state index in [1.165, 1.54) is 12.3 Å². The lowest BCUT2D eigenvalue weighted by atomic mass is 9.99. The van der Waals surface area contributed by atoms with Crippen molar-refractivity contribution in [1.29, 1.82) is 0 Å². The van der Waals surface area contributed by atoms with Gasteiger partial charge in [0, 0.05) is 42.1 Å². The smallest absolute Gasteiger partial charge is 0.379 e. The first kappa shape index (κ1) is 28.2. The van der Waals surface area contributed by atoms with E-state index >= 15 is 0 Å². The van der Waals surface area contributed by atoms with Crippen molar-refractivity contribution in [1.82, 2.24) is 30.2 Å². The molecule has 8 nitrogen and oxygen atoms in total. The number of carbonyl (C=O) groups is 1. The minimum atomic E-state index is -4.69. The summed E-state index contributed by atoms with van der Waals surface area (Å²) in [4.78, 5) is 18.5. The van der Waals surface area contributed by atoms with Gasteiger partial charge in [0.05, 0.1) is 29.2 Å². The first-order chi connectivity index (χ1) is 18.4. The molecule has 0 radical (unpaired) electrons. The first-order valence-electron chi connectivity index (χ1n) is 12.6. The number of carbonyl (C=O) groups excluding carboxylic acids is 1. The van der Waals surface area contributed by atoms with Crippen molar-refractivity contribution < 1.29 is 22.4 Å². The van der Waals surface area contributed by atoms with Crippen LogP contribution in [0.3, 0.4) is 0 Å². The molecule has 39 heavy (non-hydrogen) atoms. The SMILES string of the molecule is C=C(c1nc(/C=C/CNC(=O)c2cn(C(C)C)nn2)cc2c(N[C@@H]3CCN(C)C[C@@H]3F)cccc12)C(F)(F)F. The Morgan fingerprint density at radius 2 is 2.05 bits per heavy atom. The molecule has 0 saturated carbocycles. The van der Waals surface area contributed by atoms with Crippen LogP contribution in [0.5, 0.6) is 0 Å². The van der Waals surface area contributed by atoms with Crippen LogP contribution in [0.1, 0.15) is 48.2 Å². The second-order valence-corrected chi connectivity index (χ2v) is 9.88. The lowest BCUT2D eigenvalue weighted by molar-refractivity contribution is -0.0688. The predicted octanol–water partition coefficient (Wildman–Crippen LogP) is 4.88. The van der Waals surface area contributed by atoms with Gasteiger partial charge in [-0.3, -0.25) is 4.79 Å². The molecule has 3 heterocycles. The molecule has 4 rings (SSSR count). The summed E-state index contributed by atoms with van der Waals surface area (Å²) in [5.41, 5.74) is -0.487. The molecule has 2 N–H and O–H groups in total. The number of alkyl halides is 4. The lowest BCUT2D eigenvalue weighted by Crippen LogP contribution is -2.46. The summed E-state index contributed by atoms with van der Waals surface area (Å²) in [6.07, 6.45) is -0.643. The highest BCUT2D eigenvalue weighted by Gasteiger charge is 2.35. The third kappa shape index (κ3) is 6.62. The van der Waals surface area contributed by atoms with Crippen LogP contribution < -0.4 is 10.6 Å². The molecule has 1 saturated heterocycles. The maximum atomic E-state index is 14.7. The van der Waals surface area contributed by atoms with Crippen molar-refractivity contribution in [2.75, 3.05) is 32.0 Å². The molecule has 0 aliphatic carbocycles. The van der Waals surface area contributed by atoms with Crippen LogP contribution in [0.4, 0.5) is 23.2 Å². The van der Waals surface area contributed by atoms with E-state index in [0.29, 0.717) is 24.0 Å². The van der Waals surface area contributed by atoms with Gasteiger partial charge in [-0.25, -0.2) is 14.1 Å². The number of nitrogens with zero attached hydrogens (tertiary/aromatic N) is 5. The van der Waals surface area contributed by atoms with Gasteiger partial charge in [-0.2, -0.15) is 13.2 Å². The van der Waals surface area contributed by atoms with Gasteiger partial charge < -0.3 is 15.5 Å². The standard InChI is InChI=1S/C27H31F4N7O/c1-16(2)38-15-24(35-36-38)26(39)32-11-6-7-18-13-20-19(25(33-18)17(3)27(29,30)31)8-5-9-22(20)34-23-10-12-37(4)14-21(23)28/h5-9,13,15-16,21,23,34H,3,10-12,14H2,1-2,4H3,(H,32,39)/b7-6+/t21-,23+/m0/s1. The number of hydrogen-bond acceptors (Lipinski definition) is 6. The fraction of sp³-hybridized carbons (Fsp3) is 0.407. The van der Waals surface area contributed by atoms with Gasteiger partial charge in [0.15, 0.2) is 5.69 Å². The number of halogens is 4. The number of nitrogens with one attached hydrogen (secondary N) is 2. The van der Waals surface area contributed by atoms with Gasteiger partial charge in [0.25, 0.3) is 5.91 Å². The molecule has 0 spiro atoms. The lowest BCUT2D eigenvalue weighted by Gasteiger charge is -2.33. The molecular weight excluding hydrogens is 514 g/mol. The molecule has 1 aliphatic rings. The van der Waals surface area contributed by atoms with Gasteiger partial charge in [-0.1, -0.05) is 30.0 Å². The quantitative estimate of drug-likeness (QED) is 0.393. The monoisotopic (exact) mass is 545 g/mol. The highest BCUT2D eigenvalue weighted by atomic mass is 19.4. The molecule has 12 heteroatoms. The van der Waals surface area contributed by atoms with Crippen LogP contribution in [-0.4, -0.2) is 75.9 Å². The number of allylic oxidation sites excluding steroid dienone is 1. The minimum absolute atomic E-state index is 0.0493. The van der Waals surface area contributed by atoms with Gasteiger partial charge in [-0.15, -0.1) is 5.10 Å². The summed E-state index contributed by atoms with van der Waals surface area (Å²) in [6.45, 7) is 8.12. The molecule has 3 aromatic rings. The number of likely N-dealkylation sites (tertiary alicyclic amines) is 1. The highest BCUT2D eigenvalue weighted by Crippen LogP contribution is 2.37. The van der Waals surface area contributed by atoms with Gasteiger partial charge in [0.2, 0.25) is 0 Å². The van der Waals surface area contributed by atoms with Crippen LogP contribution in [0.15, 0.2) is 43.1 Å². The van der Waals surface area contributed by atoms with Gasteiger partial charge >= 0.3 is 6.18 Å². The Hall–Kier alpha value is -3.80. The molecule has 0 unspecified atom stereocenters. The molecule has 0 bridgehead atoms. The maximum absolute atomic E-state index is 14.7. The molecule has 1 amide bonds. The Morgan fingerprint density at radius 3 is 2.72 bits per heavy atom. The van der Waals surface area contributed by atoms with Crippen molar-refractivity contribution in [2.45, 2.75) is 44.7 Å². The summed E-state index contributed by atoms with van der Waals surface area (Å²) < 4.78 is 57.3. The number of piperidine rings is 1. The van der Waals surface area contributed by atoms with Crippen molar-refractivity contribution in [3.8, 4) is 0 Å². The zero-order valence-electron chi connectivity index (χ0n) is 22.0. The van der Waals surface area contributed by atoms with Crippen LogP contribution in [0.2, 0.25) is 0 Å². The second-order valence-electron chi connectivity index (χ2n) is 9.88. The Labute approximate surface area is 223 Å². The third-order valence-corrected chi connectivity index (χ3v) is 6.55. The predicted molar refractivity (Wildman–Crippen MR) is 143 cm³/mol. The van der Waals surface area contributed by atoms with Gasteiger partial charge in [-0.05, 0) is 45.5 Å². The van der Waals surface area contributed by atoms with E-state index in [4.69, 9.17) is 0 Å². The number of fused-ring (bicyclic) bond motifs is 1. The topological polar surface area (TPSA) is 88.0 Å². The van der Waals surface area contributed by atoms with Crippen LogP contribution >= 0.6 is 0 Å². The maximum Gasteiger partial charge on any atom is 0.417 e. The Bertz CT molecular complexity index is 1380. The fourth-order valence-electron chi connectivity index (χ4n) is 4.35. The molecule has 208 valence electrons. The third-order valence-electron chi connectivity index (χ3n) is 6.55. The van der Waals surface area contributed by atoms with Crippen molar-refractivity contribution in [3.63, 3.8) is 0 Å². The molecule has 2 atom stereocenters. The number of amides is 1.